The molecule has 1 aliphatic rings. The van der Waals surface area contributed by atoms with Gasteiger partial charge in [-0.1, -0.05) is 166 Å². The van der Waals surface area contributed by atoms with Crippen molar-refractivity contribution >= 4 is 39.0 Å². The largest absolute Gasteiger partial charge is 0.454 e. The molecule has 0 saturated carbocycles. The summed E-state index contributed by atoms with van der Waals surface area (Å²) in [6.45, 7) is 4.66. The van der Waals surface area contributed by atoms with Crippen molar-refractivity contribution in [2.24, 2.45) is 0 Å². The Morgan fingerprint density at radius 1 is 0.407 bits per heavy atom. The second kappa shape index (κ2) is 13.8. The number of rotatable bonds is 7. The van der Waals surface area contributed by atoms with Crippen LogP contribution < -0.4 is 4.90 Å². The van der Waals surface area contributed by atoms with Gasteiger partial charge < -0.3 is 9.32 Å². The lowest BCUT2D eigenvalue weighted by atomic mass is 9.82. The van der Waals surface area contributed by atoms with Crippen molar-refractivity contribution in [2.45, 2.75) is 19.3 Å². The lowest BCUT2D eigenvalue weighted by molar-refractivity contribution is 0.660. The van der Waals surface area contributed by atoms with Crippen LogP contribution >= 0.6 is 0 Å². The van der Waals surface area contributed by atoms with Crippen LogP contribution in [0.5, 0.6) is 0 Å². The Hall–Kier alpha value is -7.63. The van der Waals surface area contributed by atoms with Crippen LogP contribution in [0.3, 0.4) is 0 Å². The Kier molecular flexibility index (Phi) is 8.09. The van der Waals surface area contributed by atoms with E-state index < -0.39 is 0 Å². The summed E-state index contributed by atoms with van der Waals surface area (Å²) in [6, 6.07) is 67.9. The van der Waals surface area contributed by atoms with Gasteiger partial charge in [-0.2, -0.15) is 0 Å². The minimum absolute atomic E-state index is 0.150. The van der Waals surface area contributed by atoms with Crippen molar-refractivity contribution < 1.29 is 4.42 Å². The zero-order chi connectivity index (χ0) is 39.5. The molecule has 11 rings (SSSR count). The molecule has 0 aliphatic heterocycles. The molecule has 1 aliphatic carbocycles. The number of anilines is 3. The summed E-state index contributed by atoms with van der Waals surface area (Å²) in [6.07, 6.45) is 0. The predicted octanol–water partition coefficient (Wildman–Crippen LogP) is 14.2. The van der Waals surface area contributed by atoms with Crippen LogP contribution in [0.2, 0.25) is 0 Å². The Morgan fingerprint density at radius 2 is 0.949 bits per heavy atom. The van der Waals surface area contributed by atoms with Crippen LogP contribution in [-0.2, 0) is 5.41 Å². The first-order valence-electron chi connectivity index (χ1n) is 20.0. The van der Waals surface area contributed by atoms with Crippen LogP contribution in [-0.4, -0.2) is 15.0 Å². The quantitative estimate of drug-likeness (QED) is 0.162. The minimum atomic E-state index is -0.150. The Labute approximate surface area is 342 Å². The monoisotopic (exact) mass is 758 g/mol. The Balaban J connectivity index is 1.07. The molecular formula is C54H38N4O. The van der Waals surface area contributed by atoms with Gasteiger partial charge in [0.15, 0.2) is 23.1 Å². The van der Waals surface area contributed by atoms with Gasteiger partial charge in [0.2, 0.25) is 0 Å². The molecule has 0 atom stereocenters. The molecule has 5 nitrogen and oxygen atoms in total. The molecule has 5 heteroatoms. The topological polar surface area (TPSA) is 55.1 Å². The smallest absolute Gasteiger partial charge is 0.164 e. The van der Waals surface area contributed by atoms with Gasteiger partial charge in [-0.15, -0.1) is 0 Å². The van der Waals surface area contributed by atoms with Crippen molar-refractivity contribution in [3.63, 3.8) is 0 Å². The van der Waals surface area contributed by atoms with Crippen molar-refractivity contribution in [3.8, 4) is 56.4 Å². The van der Waals surface area contributed by atoms with Crippen LogP contribution in [0.1, 0.15) is 25.0 Å². The fourth-order valence-electron chi connectivity index (χ4n) is 8.73. The van der Waals surface area contributed by atoms with E-state index in [1.807, 2.05) is 60.7 Å². The van der Waals surface area contributed by atoms with Gasteiger partial charge in [-0.05, 0) is 75.8 Å². The summed E-state index contributed by atoms with van der Waals surface area (Å²) in [5.74, 6) is 1.83. The van der Waals surface area contributed by atoms with E-state index in [1.54, 1.807) is 0 Å². The second-order valence-electron chi connectivity index (χ2n) is 15.7. The van der Waals surface area contributed by atoms with Gasteiger partial charge >= 0.3 is 0 Å². The molecule has 0 bridgehead atoms. The van der Waals surface area contributed by atoms with Crippen molar-refractivity contribution in [3.05, 3.63) is 205 Å². The maximum absolute atomic E-state index is 6.96. The van der Waals surface area contributed by atoms with Gasteiger partial charge in [0.05, 0.1) is 5.69 Å². The molecule has 280 valence electrons. The predicted molar refractivity (Wildman–Crippen MR) is 241 cm³/mol. The molecule has 8 aromatic carbocycles. The zero-order valence-corrected chi connectivity index (χ0v) is 32.7. The zero-order valence-electron chi connectivity index (χ0n) is 32.7. The van der Waals surface area contributed by atoms with Crippen LogP contribution in [0.25, 0.3) is 78.4 Å². The lowest BCUT2D eigenvalue weighted by Crippen LogP contribution is -2.16. The van der Waals surface area contributed by atoms with Crippen LogP contribution in [0, 0.1) is 0 Å². The standard InChI is InChI=1S/C54H38N4O/c1-54(2)46-23-13-12-21-42(46)43-32-30-41(34-47(43)54)58(40-28-25-36(26-29-40)35-15-6-3-7-16-35)48-24-14-22-45-44-31-27-39(33-49(44)59-50(45)48)53-56-51(37-17-8-4-9-18-37)55-52(57-53)38-19-10-5-11-20-38/h3-34H,1-2H3. The molecule has 2 heterocycles. The molecule has 10 aromatic rings. The van der Waals surface area contributed by atoms with Gasteiger partial charge in [-0.3, -0.25) is 0 Å². The highest BCUT2D eigenvalue weighted by Crippen LogP contribution is 2.51. The number of hydrogen-bond acceptors (Lipinski definition) is 5. The number of nitrogens with zero attached hydrogens (tertiary/aromatic N) is 4. The number of benzene rings is 8. The third-order valence-electron chi connectivity index (χ3n) is 11.7. The van der Waals surface area contributed by atoms with E-state index in [4.69, 9.17) is 19.4 Å². The van der Waals surface area contributed by atoms with E-state index in [-0.39, 0.29) is 5.41 Å². The highest BCUT2D eigenvalue weighted by Gasteiger charge is 2.36. The summed E-state index contributed by atoms with van der Waals surface area (Å²) in [7, 11) is 0. The summed E-state index contributed by atoms with van der Waals surface area (Å²) >= 11 is 0. The molecule has 2 aromatic heterocycles. The molecule has 0 radical (unpaired) electrons. The van der Waals surface area contributed by atoms with E-state index in [0.29, 0.717) is 17.5 Å². The molecule has 0 saturated heterocycles. The van der Waals surface area contributed by atoms with E-state index in [0.717, 1.165) is 55.7 Å². The van der Waals surface area contributed by atoms with Gasteiger partial charge in [-0.25, -0.2) is 15.0 Å². The maximum atomic E-state index is 6.96. The van der Waals surface area contributed by atoms with E-state index >= 15 is 0 Å². The van der Waals surface area contributed by atoms with Crippen molar-refractivity contribution in [1.29, 1.82) is 0 Å². The highest BCUT2D eigenvalue weighted by atomic mass is 16.3. The molecule has 59 heavy (non-hydrogen) atoms. The van der Waals surface area contributed by atoms with Crippen molar-refractivity contribution in [2.75, 3.05) is 4.90 Å². The number of furan rings is 1. The maximum Gasteiger partial charge on any atom is 0.164 e. The Bertz CT molecular complexity index is 3120. The van der Waals surface area contributed by atoms with E-state index in [2.05, 4.69) is 152 Å². The molecule has 0 unspecified atom stereocenters. The third kappa shape index (κ3) is 5.90. The first kappa shape index (κ1) is 34.6. The minimum Gasteiger partial charge on any atom is -0.454 e. The first-order valence-corrected chi connectivity index (χ1v) is 20.0. The third-order valence-corrected chi connectivity index (χ3v) is 11.7. The molecular weight excluding hydrogens is 721 g/mol. The molecule has 0 fully saturated rings. The summed E-state index contributed by atoms with van der Waals surface area (Å²) in [5.41, 5.74) is 14.8. The summed E-state index contributed by atoms with van der Waals surface area (Å²) in [4.78, 5) is 17.2. The summed E-state index contributed by atoms with van der Waals surface area (Å²) in [5, 5.41) is 2.06. The van der Waals surface area contributed by atoms with Crippen LogP contribution in [0.15, 0.2) is 199 Å². The normalized spacial score (nSPS) is 12.7. The SMILES string of the molecule is CC1(C)c2ccccc2-c2ccc(N(c3ccc(-c4ccccc4)cc3)c3cccc4c3oc3cc(-c5nc(-c6ccccc6)nc(-c6ccccc6)n5)ccc34)cc21. The fourth-order valence-corrected chi connectivity index (χ4v) is 8.73. The van der Waals surface area contributed by atoms with E-state index in [1.165, 1.54) is 33.4 Å². The van der Waals surface area contributed by atoms with Crippen LogP contribution in [0.4, 0.5) is 17.1 Å². The van der Waals surface area contributed by atoms with Gasteiger partial charge in [0.25, 0.3) is 0 Å². The Morgan fingerprint density at radius 3 is 1.63 bits per heavy atom. The average molecular weight is 759 g/mol. The van der Waals surface area contributed by atoms with E-state index in [9.17, 15) is 0 Å². The number of aromatic nitrogens is 3. The van der Waals surface area contributed by atoms with Gasteiger partial charge in [0.1, 0.15) is 5.58 Å². The fraction of sp³-hybridized carbons (Fsp3) is 0.0556. The number of fused-ring (bicyclic) bond motifs is 6. The molecule has 0 N–H and O–H groups in total. The second-order valence-corrected chi connectivity index (χ2v) is 15.7. The lowest BCUT2D eigenvalue weighted by Gasteiger charge is -2.28. The number of hydrogen-bond donors (Lipinski definition) is 0. The highest BCUT2D eigenvalue weighted by molar-refractivity contribution is 6.11. The van der Waals surface area contributed by atoms with Crippen molar-refractivity contribution in [1.82, 2.24) is 15.0 Å². The molecule has 0 amide bonds. The molecule has 0 spiro atoms. The summed E-state index contributed by atoms with van der Waals surface area (Å²) < 4.78 is 6.96. The van der Waals surface area contributed by atoms with Gasteiger partial charge in [0, 0.05) is 44.3 Å². The number of para-hydroxylation sites is 1. The average Bonchev–Trinajstić information content (AvgIpc) is 3.79. The first-order chi connectivity index (χ1) is 29.0.